The highest BCUT2D eigenvalue weighted by molar-refractivity contribution is 5.92. The van der Waals surface area contributed by atoms with Crippen LogP contribution in [-0.2, 0) is 0 Å². The Morgan fingerprint density at radius 1 is 1.22 bits per heavy atom. The second-order valence-electron chi connectivity index (χ2n) is 4.82. The number of fused-ring (bicyclic) bond motifs is 1. The first-order valence-electron chi connectivity index (χ1n) is 7.55. The van der Waals surface area contributed by atoms with Crippen LogP contribution in [0.2, 0.25) is 0 Å². The number of carboxylic acid groups (broad SMARTS) is 1. The number of carboxylic acids is 1. The summed E-state index contributed by atoms with van der Waals surface area (Å²) in [5, 5.41) is 8.92. The Kier molecular flexibility index (Phi) is 7.41. The maximum Gasteiger partial charge on any atom is 0.337 e. The SMILES string of the molecule is CCN(CC)CC.COc1cc(F)c2cc(C(=O)O)cnc2c1. The molecular weight excluding hydrogens is 299 g/mol. The fourth-order valence-electron chi connectivity index (χ4n) is 2.07. The fraction of sp³-hybridized carbons (Fsp3) is 0.412. The summed E-state index contributed by atoms with van der Waals surface area (Å²) in [5.74, 6) is -1.34. The van der Waals surface area contributed by atoms with Gasteiger partial charge in [0, 0.05) is 23.7 Å². The second kappa shape index (κ2) is 9.05. The van der Waals surface area contributed by atoms with Gasteiger partial charge in [0.1, 0.15) is 11.6 Å². The Balaban J connectivity index is 0.000000322. The third-order valence-corrected chi connectivity index (χ3v) is 3.55. The summed E-state index contributed by atoms with van der Waals surface area (Å²) in [6.45, 7) is 10.1. The average molecular weight is 322 g/mol. The highest BCUT2D eigenvalue weighted by atomic mass is 19.1. The minimum absolute atomic E-state index is 0.0448. The molecule has 0 unspecified atom stereocenters. The van der Waals surface area contributed by atoms with Gasteiger partial charge in [0.05, 0.1) is 18.2 Å². The lowest BCUT2D eigenvalue weighted by atomic mass is 10.1. The van der Waals surface area contributed by atoms with E-state index < -0.39 is 11.8 Å². The Hall–Kier alpha value is -2.21. The van der Waals surface area contributed by atoms with Crippen molar-refractivity contribution in [3.8, 4) is 5.75 Å². The molecule has 0 aliphatic rings. The van der Waals surface area contributed by atoms with Crippen LogP contribution in [0.3, 0.4) is 0 Å². The van der Waals surface area contributed by atoms with E-state index in [2.05, 4.69) is 30.7 Å². The number of ether oxygens (including phenoxy) is 1. The van der Waals surface area contributed by atoms with E-state index in [0.29, 0.717) is 11.3 Å². The number of hydrogen-bond donors (Lipinski definition) is 1. The van der Waals surface area contributed by atoms with Gasteiger partial charge in [-0.2, -0.15) is 0 Å². The van der Waals surface area contributed by atoms with Crippen LogP contribution in [0.15, 0.2) is 24.4 Å². The van der Waals surface area contributed by atoms with Crippen molar-refractivity contribution in [1.29, 1.82) is 0 Å². The quantitative estimate of drug-likeness (QED) is 0.914. The average Bonchev–Trinajstić information content (AvgIpc) is 2.56. The molecule has 0 saturated carbocycles. The van der Waals surface area contributed by atoms with Gasteiger partial charge in [-0.25, -0.2) is 9.18 Å². The summed E-state index contributed by atoms with van der Waals surface area (Å²) in [6, 6.07) is 3.99. The van der Waals surface area contributed by atoms with Crippen LogP contribution in [0.4, 0.5) is 4.39 Å². The van der Waals surface area contributed by atoms with E-state index in [9.17, 15) is 9.18 Å². The molecule has 23 heavy (non-hydrogen) atoms. The van der Waals surface area contributed by atoms with Crippen LogP contribution in [0.1, 0.15) is 31.1 Å². The number of methoxy groups -OCH3 is 1. The van der Waals surface area contributed by atoms with Crippen LogP contribution < -0.4 is 4.74 Å². The number of nitrogens with zero attached hydrogens (tertiary/aromatic N) is 2. The Morgan fingerprint density at radius 3 is 2.26 bits per heavy atom. The molecule has 0 atom stereocenters. The van der Waals surface area contributed by atoms with Crippen molar-refractivity contribution < 1.29 is 19.0 Å². The first-order valence-corrected chi connectivity index (χ1v) is 7.55. The predicted molar refractivity (Wildman–Crippen MR) is 88.7 cm³/mol. The molecule has 2 aromatic rings. The van der Waals surface area contributed by atoms with E-state index in [4.69, 9.17) is 9.84 Å². The van der Waals surface area contributed by atoms with E-state index in [0.717, 1.165) is 0 Å². The van der Waals surface area contributed by atoms with Crippen molar-refractivity contribution in [3.05, 3.63) is 35.8 Å². The molecule has 0 radical (unpaired) electrons. The molecule has 1 heterocycles. The van der Waals surface area contributed by atoms with Gasteiger partial charge in [0.2, 0.25) is 0 Å². The van der Waals surface area contributed by atoms with Gasteiger partial charge in [-0.3, -0.25) is 4.98 Å². The normalized spacial score (nSPS) is 10.3. The number of benzene rings is 1. The lowest BCUT2D eigenvalue weighted by Crippen LogP contribution is -2.21. The lowest BCUT2D eigenvalue weighted by Gasteiger charge is -2.13. The molecule has 1 N–H and O–H groups in total. The number of carbonyl (C=O) groups is 1. The maximum atomic E-state index is 13.6. The summed E-state index contributed by atoms with van der Waals surface area (Å²) in [5.41, 5.74) is 0.318. The summed E-state index contributed by atoms with van der Waals surface area (Å²) in [4.78, 5) is 16.9. The maximum absolute atomic E-state index is 13.6. The van der Waals surface area contributed by atoms with E-state index in [1.165, 1.54) is 45.1 Å². The van der Waals surface area contributed by atoms with Gasteiger partial charge >= 0.3 is 5.97 Å². The number of pyridine rings is 1. The zero-order chi connectivity index (χ0) is 17.4. The van der Waals surface area contributed by atoms with Crippen LogP contribution in [0.25, 0.3) is 10.9 Å². The van der Waals surface area contributed by atoms with E-state index in [-0.39, 0.29) is 10.9 Å². The number of hydrogen-bond acceptors (Lipinski definition) is 4. The van der Waals surface area contributed by atoms with Gasteiger partial charge in [0.25, 0.3) is 0 Å². The number of rotatable bonds is 5. The van der Waals surface area contributed by atoms with Crippen LogP contribution in [0.5, 0.6) is 5.75 Å². The van der Waals surface area contributed by atoms with E-state index >= 15 is 0 Å². The minimum atomic E-state index is -1.13. The predicted octanol–water partition coefficient (Wildman–Crippen LogP) is 3.43. The number of aromatic nitrogens is 1. The molecule has 5 nitrogen and oxygen atoms in total. The molecule has 2 rings (SSSR count). The van der Waals surface area contributed by atoms with Gasteiger partial charge in [-0.1, -0.05) is 20.8 Å². The van der Waals surface area contributed by atoms with Crippen molar-refractivity contribution in [2.45, 2.75) is 20.8 Å². The first-order chi connectivity index (χ1) is 11.0. The van der Waals surface area contributed by atoms with Crippen molar-refractivity contribution in [3.63, 3.8) is 0 Å². The molecule has 1 aromatic heterocycles. The Labute approximate surface area is 135 Å². The molecule has 0 aliphatic heterocycles. The minimum Gasteiger partial charge on any atom is -0.497 e. The van der Waals surface area contributed by atoms with Gasteiger partial charge in [0.15, 0.2) is 0 Å². The number of aromatic carboxylic acids is 1. The first kappa shape index (κ1) is 18.8. The molecule has 1 aromatic carbocycles. The van der Waals surface area contributed by atoms with Gasteiger partial charge in [-0.15, -0.1) is 0 Å². The molecular formula is C17H23FN2O3. The molecule has 0 spiro atoms. The monoisotopic (exact) mass is 322 g/mol. The molecule has 0 aliphatic carbocycles. The summed E-state index contributed by atoms with van der Waals surface area (Å²) in [6.07, 6.45) is 1.18. The highest BCUT2D eigenvalue weighted by Gasteiger charge is 2.09. The second-order valence-corrected chi connectivity index (χ2v) is 4.82. The molecule has 0 fully saturated rings. The standard InChI is InChI=1S/C11H8FNO3.C6H15N/c1-16-7-3-9(12)8-2-6(11(14)15)5-13-10(8)4-7;1-4-7(5-2)6-3/h2-5H,1H3,(H,14,15);4-6H2,1-3H3. The van der Waals surface area contributed by atoms with Crippen molar-refractivity contribution >= 4 is 16.9 Å². The summed E-state index contributed by atoms with van der Waals surface area (Å²) in [7, 11) is 1.42. The highest BCUT2D eigenvalue weighted by Crippen LogP contribution is 2.23. The topological polar surface area (TPSA) is 62.7 Å². The smallest absolute Gasteiger partial charge is 0.337 e. The molecule has 0 bridgehead atoms. The van der Waals surface area contributed by atoms with Crippen LogP contribution in [0, 0.1) is 5.82 Å². The molecule has 0 saturated heterocycles. The Bertz CT molecular complexity index is 652. The molecule has 126 valence electrons. The molecule has 6 heteroatoms. The van der Waals surface area contributed by atoms with E-state index in [1.807, 2.05) is 0 Å². The summed E-state index contributed by atoms with van der Waals surface area (Å²) < 4.78 is 18.4. The van der Waals surface area contributed by atoms with E-state index in [1.54, 1.807) is 6.07 Å². The van der Waals surface area contributed by atoms with Crippen molar-refractivity contribution in [2.24, 2.45) is 0 Å². The number of halogens is 1. The third kappa shape index (κ3) is 5.17. The third-order valence-electron chi connectivity index (χ3n) is 3.55. The van der Waals surface area contributed by atoms with Crippen molar-refractivity contribution in [2.75, 3.05) is 26.7 Å². The van der Waals surface area contributed by atoms with Gasteiger partial charge < -0.3 is 14.7 Å². The van der Waals surface area contributed by atoms with Crippen molar-refractivity contribution in [1.82, 2.24) is 9.88 Å². The largest absolute Gasteiger partial charge is 0.497 e. The zero-order valence-electron chi connectivity index (χ0n) is 14.0. The fourth-order valence-corrected chi connectivity index (χ4v) is 2.07. The van der Waals surface area contributed by atoms with Crippen LogP contribution >= 0.6 is 0 Å². The lowest BCUT2D eigenvalue weighted by molar-refractivity contribution is 0.0696. The Morgan fingerprint density at radius 2 is 1.83 bits per heavy atom. The van der Waals surface area contributed by atoms with Crippen LogP contribution in [-0.4, -0.2) is 47.7 Å². The zero-order valence-corrected chi connectivity index (χ0v) is 14.0. The van der Waals surface area contributed by atoms with Gasteiger partial charge in [-0.05, 0) is 25.7 Å². The summed E-state index contributed by atoms with van der Waals surface area (Å²) >= 11 is 0. The molecule has 0 amide bonds.